The van der Waals surface area contributed by atoms with Crippen molar-refractivity contribution in [1.29, 1.82) is 0 Å². The highest BCUT2D eigenvalue weighted by Crippen LogP contribution is 2.39. The second kappa shape index (κ2) is 13.7. The quantitative estimate of drug-likeness (QED) is 0.355. The number of morpholine rings is 1. The third kappa shape index (κ3) is 7.00. The maximum absolute atomic E-state index is 14.4. The van der Waals surface area contributed by atoms with Crippen LogP contribution in [-0.4, -0.2) is 90.9 Å². The summed E-state index contributed by atoms with van der Waals surface area (Å²) >= 11 is 0. The summed E-state index contributed by atoms with van der Waals surface area (Å²) in [5.41, 5.74) is 0.249. The topological polar surface area (TPSA) is 115 Å². The lowest BCUT2D eigenvalue weighted by Crippen LogP contribution is -2.47. The summed E-state index contributed by atoms with van der Waals surface area (Å²) in [6, 6.07) is 11.2. The lowest BCUT2D eigenvalue weighted by molar-refractivity contribution is 0.0362. The van der Waals surface area contributed by atoms with Gasteiger partial charge in [0.25, 0.3) is 5.91 Å². The fourth-order valence-corrected chi connectivity index (χ4v) is 5.46. The molecule has 1 saturated heterocycles. The van der Waals surface area contributed by atoms with Gasteiger partial charge in [0.15, 0.2) is 5.69 Å². The minimum atomic E-state index is -0.743. The Morgan fingerprint density at radius 1 is 1.09 bits per heavy atom. The predicted molar refractivity (Wildman–Crippen MR) is 151 cm³/mol. The molecule has 2 aliphatic heterocycles. The Labute approximate surface area is 246 Å². The van der Waals surface area contributed by atoms with Crippen LogP contribution in [0.3, 0.4) is 0 Å². The molecule has 1 fully saturated rings. The summed E-state index contributed by atoms with van der Waals surface area (Å²) in [5, 5.41) is 6.91. The van der Waals surface area contributed by atoms with Crippen molar-refractivity contribution in [2.75, 3.05) is 59.3 Å². The molecule has 0 aliphatic carbocycles. The first kappa shape index (κ1) is 30.1. The van der Waals surface area contributed by atoms with Gasteiger partial charge in [-0.1, -0.05) is 24.3 Å². The highest BCUT2D eigenvalue weighted by molar-refractivity contribution is 5.96. The average molecular weight is 598 g/mol. The molecule has 2 amide bonds. The maximum Gasteiger partial charge on any atom is 0.410 e. The number of rotatable bonds is 10. The van der Waals surface area contributed by atoms with Crippen molar-refractivity contribution in [1.82, 2.24) is 24.9 Å². The van der Waals surface area contributed by atoms with Crippen LogP contribution in [0.2, 0.25) is 0 Å². The highest BCUT2D eigenvalue weighted by Gasteiger charge is 2.40. The summed E-state index contributed by atoms with van der Waals surface area (Å²) in [6.07, 6.45) is 0.269. The Kier molecular flexibility index (Phi) is 9.62. The smallest absolute Gasteiger partial charge is 0.410 e. The van der Waals surface area contributed by atoms with Crippen LogP contribution in [0.25, 0.3) is 0 Å². The Hall–Kier alpha value is -4.36. The number of carbonyl (C=O) groups excluding carboxylic acids is 2. The minimum Gasteiger partial charge on any atom is -0.451 e. The first-order chi connectivity index (χ1) is 20.9. The van der Waals surface area contributed by atoms with E-state index in [1.807, 2.05) is 0 Å². The van der Waals surface area contributed by atoms with Crippen LogP contribution >= 0.6 is 0 Å². The highest BCUT2D eigenvalue weighted by atomic mass is 19.1. The molecule has 0 radical (unpaired) electrons. The number of nitrogens with one attached hydrogen (secondary N) is 1. The number of amides is 2. The monoisotopic (exact) mass is 597 g/mol. The van der Waals surface area contributed by atoms with Gasteiger partial charge in [0, 0.05) is 45.2 Å². The van der Waals surface area contributed by atoms with Crippen molar-refractivity contribution in [3.8, 4) is 5.75 Å². The van der Waals surface area contributed by atoms with Crippen molar-refractivity contribution in [2.45, 2.75) is 18.9 Å². The van der Waals surface area contributed by atoms with E-state index in [2.05, 4.69) is 15.3 Å². The second-order valence-electron chi connectivity index (χ2n) is 10.2. The summed E-state index contributed by atoms with van der Waals surface area (Å²) < 4.78 is 46.2. The number of hydrogen-bond donors (Lipinski definition) is 1. The van der Waals surface area contributed by atoms with Crippen LogP contribution in [0.15, 0.2) is 59.5 Å². The van der Waals surface area contributed by atoms with Gasteiger partial charge in [-0.15, -0.1) is 0 Å². The number of benzene rings is 2. The number of ether oxygens (including phenoxy) is 3. The molecule has 43 heavy (non-hydrogen) atoms. The van der Waals surface area contributed by atoms with Crippen molar-refractivity contribution in [3.05, 3.63) is 93.4 Å². The number of nitrogens with zero attached hydrogens (tertiary/aromatic N) is 4. The predicted octanol–water partition coefficient (Wildman–Crippen LogP) is 2.77. The van der Waals surface area contributed by atoms with E-state index in [0.717, 1.165) is 19.3 Å². The van der Waals surface area contributed by atoms with Gasteiger partial charge in [-0.25, -0.2) is 13.6 Å². The SMILES string of the molecule is CCN1CC(C(c2cccc(F)c2)c2cccc(F)c2)n2ncc(=O)c(OCOC(=O)NCCN3CCOCC3)c2C1=O. The fraction of sp³-hybridized carbons (Fsp3) is 0.400. The summed E-state index contributed by atoms with van der Waals surface area (Å²) in [6.45, 7) is 5.41. The molecule has 2 aliphatic rings. The van der Waals surface area contributed by atoms with Crippen LogP contribution in [0.1, 0.15) is 40.5 Å². The van der Waals surface area contributed by atoms with Crippen molar-refractivity contribution in [2.24, 2.45) is 0 Å². The van der Waals surface area contributed by atoms with Crippen LogP contribution in [0.4, 0.5) is 13.6 Å². The van der Waals surface area contributed by atoms with Gasteiger partial charge in [-0.2, -0.15) is 5.10 Å². The molecule has 2 aromatic carbocycles. The molecule has 5 rings (SSSR count). The van der Waals surface area contributed by atoms with Crippen molar-refractivity contribution in [3.63, 3.8) is 0 Å². The van der Waals surface area contributed by atoms with E-state index in [1.165, 1.54) is 33.8 Å². The molecule has 3 heterocycles. The summed E-state index contributed by atoms with van der Waals surface area (Å²) in [4.78, 5) is 42.4. The molecule has 1 atom stereocenters. The van der Waals surface area contributed by atoms with E-state index in [-0.39, 0.29) is 18.0 Å². The first-order valence-corrected chi connectivity index (χ1v) is 14.1. The number of fused-ring (bicyclic) bond motifs is 1. The van der Waals surface area contributed by atoms with Crippen LogP contribution in [0.5, 0.6) is 5.75 Å². The number of likely N-dealkylation sites (N-methyl/N-ethyl adjacent to an activating group) is 1. The minimum absolute atomic E-state index is 0.139. The number of carbonyl (C=O) groups is 2. The Bertz CT molecular complexity index is 1470. The van der Waals surface area contributed by atoms with Gasteiger partial charge in [-0.3, -0.25) is 19.2 Å². The number of alkyl carbamates (subject to hydrolysis) is 1. The number of hydrogen-bond acceptors (Lipinski definition) is 8. The molecule has 0 spiro atoms. The zero-order valence-corrected chi connectivity index (χ0v) is 23.7. The Morgan fingerprint density at radius 2 is 1.77 bits per heavy atom. The molecule has 0 saturated carbocycles. The molecular formula is C30H33F2N5O6. The Morgan fingerprint density at radius 3 is 2.40 bits per heavy atom. The second-order valence-corrected chi connectivity index (χ2v) is 10.2. The molecule has 1 aromatic heterocycles. The first-order valence-electron chi connectivity index (χ1n) is 14.1. The van der Waals surface area contributed by atoms with Gasteiger partial charge in [0.2, 0.25) is 18.0 Å². The molecular weight excluding hydrogens is 564 g/mol. The molecule has 1 unspecified atom stereocenters. The van der Waals surface area contributed by atoms with E-state index >= 15 is 0 Å². The molecule has 3 aromatic rings. The van der Waals surface area contributed by atoms with Gasteiger partial charge in [0.05, 0.1) is 25.5 Å². The third-order valence-electron chi connectivity index (χ3n) is 7.56. The van der Waals surface area contributed by atoms with Crippen LogP contribution in [-0.2, 0) is 9.47 Å². The zero-order chi connectivity index (χ0) is 30.3. The average Bonchev–Trinajstić information content (AvgIpc) is 3.00. The number of aromatic nitrogens is 2. The van der Waals surface area contributed by atoms with Crippen molar-refractivity contribution >= 4 is 12.0 Å². The van der Waals surface area contributed by atoms with E-state index in [1.54, 1.807) is 31.2 Å². The van der Waals surface area contributed by atoms with Gasteiger partial charge < -0.3 is 24.4 Å². The summed E-state index contributed by atoms with van der Waals surface area (Å²) in [5.74, 6) is -2.44. The van der Waals surface area contributed by atoms with Gasteiger partial charge in [-0.05, 0) is 42.3 Å². The lowest BCUT2D eigenvalue weighted by atomic mass is 9.83. The summed E-state index contributed by atoms with van der Waals surface area (Å²) in [7, 11) is 0. The van der Waals surface area contributed by atoms with E-state index in [4.69, 9.17) is 14.2 Å². The normalized spacial score (nSPS) is 17.1. The Balaban J connectivity index is 1.40. The van der Waals surface area contributed by atoms with Crippen LogP contribution in [0, 0.1) is 11.6 Å². The molecule has 11 nitrogen and oxygen atoms in total. The largest absolute Gasteiger partial charge is 0.451 e. The van der Waals surface area contributed by atoms with E-state index < -0.39 is 47.8 Å². The maximum atomic E-state index is 14.4. The number of halogens is 2. The van der Waals surface area contributed by atoms with E-state index in [9.17, 15) is 23.2 Å². The molecule has 0 bridgehead atoms. The van der Waals surface area contributed by atoms with Gasteiger partial charge >= 0.3 is 6.09 Å². The molecule has 228 valence electrons. The van der Waals surface area contributed by atoms with E-state index in [0.29, 0.717) is 44.0 Å². The van der Waals surface area contributed by atoms with Gasteiger partial charge in [0.1, 0.15) is 11.6 Å². The standard InChI is InChI=1S/C30H33F2N5O6/c1-2-36-18-24(26(20-5-3-7-22(31)15-20)21-6-4-8-23(32)16-21)37-27(29(36)39)28(25(38)17-34-37)42-19-43-30(40)33-9-10-35-11-13-41-14-12-35/h3-8,15-17,24,26H,2,9-14,18-19H2,1H3,(H,33,40). The molecule has 1 N–H and O–H groups in total. The molecule has 13 heteroatoms. The van der Waals surface area contributed by atoms with Crippen LogP contribution < -0.4 is 15.5 Å². The van der Waals surface area contributed by atoms with Crippen molar-refractivity contribution < 1.29 is 32.6 Å². The lowest BCUT2D eigenvalue weighted by Gasteiger charge is -2.39. The third-order valence-corrected chi connectivity index (χ3v) is 7.56. The fourth-order valence-electron chi connectivity index (χ4n) is 5.46. The zero-order valence-electron chi connectivity index (χ0n) is 23.7.